The maximum Gasteiger partial charge on any atom is 0.411 e. The van der Waals surface area contributed by atoms with Crippen molar-refractivity contribution in [2.45, 2.75) is 29.9 Å². The third-order valence-electron chi connectivity index (χ3n) is 6.07. The molecule has 3 aromatic carbocycles. The number of para-hydroxylation sites is 1. The molecule has 0 spiro atoms. The van der Waals surface area contributed by atoms with Crippen LogP contribution in [0.3, 0.4) is 0 Å². The predicted octanol–water partition coefficient (Wildman–Crippen LogP) is 4.60. The molecule has 3 aromatic rings. The van der Waals surface area contributed by atoms with Gasteiger partial charge in [-0.3, -0.25) is 4.90 Å². The zero-order chi connectivity index (χ0) is 25.6. The van der Waals surface area contributed by atoms with E-state index in [0.29, 0.717) is 17.9 Å². The van der Waals surface area contributed by atoms with Crippen molar-refractivity contribution in [2.75, 3.05) is 19.4 Å². The number of benzene rings is 3. The van der Waals surface area contributed by atoms with Gasteiger partial charge in [0.15, 0.2) is 15.4 Å². The number of hydrogen-bond donors (Lipinski definition) is 0. The van der Waals surface area contributed by atoms with Gasteiger partial charge in [0.05, 0.1) is 17.8 Å². The smallest absolute Gasteiger partial charge is 0.411 e. The summed E-state index contributed by atoms with van der Waals surface area (Å²) in [6, 6.07) is 24.1. The summed E-state index contributed by atoms with van der Waals surface area (Å²) in [7, 11) is -2.81. The Labute approximate surface area is 210 Å². The molecule has 36 heavy (non-hydrogen) atoms. The molecule has 1 saturated heterocycles. The van der Waals surface area contributed by atoms with Crippen molar-refractivity contribution in [3.8, 4) is 11.5 Å². The van der Waals surface area contributed by atoms with Crippen LogP contribution in [0.2, 0.25) is 0 Å². The Bertz CT molecular complexity index is 1290. The van der Waals surface area contributed by atoms with Crippen LogP contribution in [-0.4, -0.2) is 50.3 Å². The van der Waals surface area contributed by atoms with Crippen LogP contribution in [0.5, 0.6) is 11.5 Å². The number of ether oxygens (including phenoxy) is 3. The molecule has 1 heterocycles. The van der Waals surface area contributed by atoms with E-state index in [0.717, 1.165) is 5.56 Å². The van der Waals surface area contributed by atoms with Crippen LogP contribution in [0.4, 0.5) is 4.79 Å². The van der Waals surface area contributed by atoms with Gasteiger partial charge in [-0.15, -0.1) is 0 Å². The zero-order valence-electron chi connectivity index (χ0n) is 19.8. The number of hydrogen-bond acceptors (Lipinski definition) is 7. The molecular formula is C27H27NO7S. The van der Waals surface area contributed by atoms with Crippen molar-refractivity contribution in [2.24, 2.45) is 0 Å². The zero-order valence-corrected chi connectivity index (χ0v) is 20.6. The summed E-state index contributed by atoms with van der Waals surface area (Å²) in [6.07, 6.45) is -0.174. The van der Waals surface area contributed by atoms with Crippen LogP contribution >= 0.6 is 0 Å². The van der Waals surface area contributed by atoms with E-state index in [9.17, 15) is 18.0 Å². The maximum absolute atomic E-state index is 13.4. The molecule has 1 aliphatic heterocycles. The summed E-state index contributed by atoms with van der Waals surface area (Å²) in [4.78, 5) is 27.1. The number of amides is 1. The molecule has 1 amide bonds. The molecule has 0 radical (unpaired) electrons. The number of methoxy groups -OCH3 is 1. The molecule has 0 bridgehead atoms. The minimum Gasteiger partial charge on any atom is -0.467 e. The molecule has 4 rings (SSSR count). The highest BCUT2D eigenvalue weighted by Gasteiger charge is 2.54. The number of esters is 1. The summed E-state index contributed by atoms with van der Waals surface area (Å²) < 4.78 is 42.9. The normalized spacial score (nSPS) is 17.4. The van der Waals surface area contributed by atoms with Crippen LogP contribution in [0.1, 0.15) is 18.4 Å². The number of nitrogens with zero attached hydrogens (tertiary/aromatic N) is 1. The second-order valence-corrected chi connectivity index (χ2v) is 10.5. The monoisotopic (exact) mass is 509 g/mol. The molecule has 0 aliphatic carbocycles. The Balaban J connectivity index is 1.53. The Hall–Kier alpha value is -3.85. The van der Waals surface area contributed by atoms with Gasteiger partial charge in [0.25, 0.3) is 0 Å². The second kappa shape index (κ2) is 10.8. The summed E-state index contributed by atoms with van der Waals surface area (Å²) in [5.74, 6) is -0.320. The Morgan fingerprint density at radius 3 is 2.14 bits per heavy atom. The molecule has 1 fully saturated rings. The molecule has 0 N–H and O–H groups in total. The molecule has 1 atom stereocenters. The van der Waals surface area contributed by atoms with Crippen LogP contribution in [0.25, 0.3) is 0 Å². The molecule has 8 nitrogen and oxygen atoms in total. The first kappa shape index (κ1) is 25.2. The summed E-state index contributed by atoms with van der Waals surface area (Å²) in [6.45, 7) is 0.186. The van der Waals surface area contributed by atoms with Crippen molar-refractivity contribution in [3.63, 3.8) is 0 Å². The van der Waals surface area contributed by atoms with E-state index in [1.54, 1.807) is 36.4 Å². The number of likely N-dealkylation sites (tertiary alicyclic amines) is 1. The SMILES string of the molecule is COC(=O)[C@@]1(CS(=O)(=O)c2ccc(Oc3ccccc3)cc2)CCCN1C(=O)OCc1ccccc1. The number of sulfone groups is 1. The van der Waals surface area contributed by atoms with Crippen molar-refractivity contribution < 1.29 is 32.2 Å². The average Bonchev–Trinajstić information content (AvgIpc) is 3.32. The minimum atomic E-state index is -3.99. The van der Waals surface area contributed by atoms with Crippen LogP contribution in [-0.2, 0) is 30.7 Å². The first-order chi connectivity index (χ1) is 17.3. The van der Waals surface area contributed by atoms with Crippen LogP contribution in [0, 0.1) is 0 Å². The fourth-order valence-corrected chi connectivity index (χ4v) is 6.05. The highest BCUT2D eigenvalue weighted by molar-refractivity contribution is 7.91. The molecule has 0 saturated carbocycles. The van der Waals surface area contributed by atoms with Gasteiger partial charge in [0.2, 0.25) is 0 Å². The average molecular weight is 510 g/mol. The molecule has 0 aromatic heterocycles. The van der Waals surface area contributed by atoms with Gasteiger partial charge >= 0.3 is 12.1 Å². The van der Waals surface area contributed by atoms with E-state index in [1.165, 1.54) is 24.1 Å². The third kappa shape index (κ3) is 5.52. The Morgan fingerprint density at radius 2 is 1.50 bits per heavy atom. The summed E-state index contributed by atoms with van der Waals surface area (Å²) >= 11 is 0. The van der Waals surface area contributed by atoms with E-state index < -0.39 is 33.2 Å². The summed E-state index contributed by atoms with van der Waals surface area (Å²) in [5, 5.41) is 0. The fraction of sp³-hybridized carbons (Fsp3) is 0.259. The highest BCUT2D eigenvalue weighted by Crippen LogP contribution is 2.35. The topological polar surface area (TPSA) is 99.2 Å². The van der Waals surface area contributed by atoms with Crippen molar-refractivity contribution >= 4 is 21.9 Å². The molecule has 1 aliphatic rings. The first-order valence-electron chi connectivity index (χ1n) is 11.5. The van der Waals surface area contributed by atoms with Gasteiger partial charge in [0.1, 0.15) is 18.1 Å². The van der Waals surface area contributed by atoms with Crippen molar-refractivity contribution in [3.05, 3.63) is 90.5 Å². The van der Waals surface area contributed by atoms with Gasteiger partial charge in [-0.25, -0.2) is 18.0 Å². The molecule has 9 heteroatoms. The maximum atomic E-state index is 13.4. The number of carbonyl (C=O) groups excluding carboxylic acids is 2. The predicted molar refractivity (Wildman–Crippen MR) is 132 cm³/mol. The van der Waals surface area contributed by atoms with Crippen molar-refractivity contribution in [1.29, 1.82) is 0 Å². The lowest BCUT2D eigenvalue weighted by Gasteiger charge is -2.34. The lowest BCUT2D eigenvalue weighted by Crippen LogP contribution is -2.57. The van der Waals surface area contributed by atoms with E-state index >= 15 is 0 Å². The van der Waals surface area contributed by atoms with E-state index in [4.69, 9.17) is 14.2 Å². The highest BCUT2D eigenvalue weighted by atomic mass is 32.2. The lowest BCUT2D eigenvalue weighted by atomic mass is 9.99. The Morgan fingerprint density at radius 1 is 0.889 bits per heavy atom. The summed E-state index contributed by atoms with van der Waals surface area (Å²) in [5.41, 5.74) is -0.903. The van der Waals surface area contributed by atoms with Crippen LogP contribution in [0.15, 0.2) is 89.8 Å². The van der Waals surface area contributed by atoms with E-state index in [-0.39, 0.29) is 24.5 Å². The molecule has 0 unspecified atom stereocenters. The van der Waals surface area contributed by atoms with Crippen LogP contribution < -0.4 is 4.74 Å². The lowest BCUT2D eigenvalue weighted by molar-refractivity contribution is -0.151. The van der Waals surface area contributed by atoms with E-state index in [2.05, 4.69) is 0 Å². The van der Waals surface area contributed by atoms with Gasteiger partial charge in [-0.1, -0.05) is 48.5 Å². The molecular weight excluding hydrogens is 482 g/mol. The minimum absolute atomic E-state index is 0.00303. The van der Waals surface area contributed by atoms with Crippen molar-refractivity contribution in [1.82, 2.24) is 4.90 Å². The van der Waals surface area contributed by atoms with Gasteiger partial charge in [-0.05, 0) is 54.8 Å². The number of carbonyl (C=O) groups is 2. The fourth-order valence-electron chi connectivity index (χ4n) is 4.29. The third-order valence-corrected chi connectivity index (χ3v) is 7.92. The second-order valence-electron chi connectivity index (χ2n) is 8.46. The largest absolute Gasteiger partial charge is 0.467 e. The standard InChI is InChI=1S/C27H27NO7S/c1-33-25(29)27(17-8-18-28(27)26(30)34-19-21-9-4-2-5-10-21)20-36(31,32)24-15-13-23(14-16-24)35-22-11-6-3-7-12-22/h2-7,9-16H,8,17-20H2,1H3/t27-/m0/s1. The first-order valence-corrected chi connectivity index (χ1v) is 13.1. The number of rotatable bonds is 8. The Kier molecular flexibility index (Phi) is 7.59. The van der Waals surface area contributed by atoms with Gasteiger partial charge in [-0.2, -0.15) is 0 Å². The quantitative estimate of drug-likeness (QED) is 0.409. The molecule has 188 valence electrons. The van der Waals surface area contributed by atoms with E-state index in [1.807, 2.05) is 36.4 Å². The van der Waals surface area contributed by atoms with Gasteiger partial charge in [0, 0.05) is 6.54 Å². The van der Waals surface area contributed by atoms with Gasteiger partial charge < -0.3 is 14.2 Å².